The van der Waals surface area contributed by atoms with Gasteiger partial charge in [-0.1, -0.05) is 30.3 Å². The number of carbonyl (C=O) groups excluding carboxylic acids is 3. The summed E-state index contributed by atoms with van der Waals surface area (Å²) in [4.78, 5) is 36.0. The van der Waals surface area contributed by atoms with Gasteiger partial charge in [0.1, 0.15) is 11.8 Å². The van der Waals surface area contributed by atoms with Crippen LogP contribution in [0, 0.1) is 0 Å². The minimum Gasteiger partial charge on any atom is -0.508 e. The van der Waals surface area contributed by atoms with Crippen molar-refractivity contribution in [3.8, 4) is 16.9 Å². The first-order valence-electron chi connectivity index (χ1n) is 8.86. The molecule has 1 heterocycles. The predicted molar refractivity (Wildman–Crippen MR) is 103 cm³/mol. The molecule has 8 heteroatoms. The summed E-state index contributed by atoms with van der Waals surface area (Å²) >= 11 is 0. The molecule has 0 fully saturated rings. The van der Waals surface area contributed by atoms with Gasteiger partial charge in [-0.25, -0.2) is 0 Å². The number of nitrogens with one attached hydrogen (secondary N) is 2. The number of phenolic OH excluding ortho intramolecular Hbond substituents is 1. The van der Waals surface area contributed by atoms with Crippen molar-refractivity contribution < 1.29 is 19.5 Å². The molecule has 8 nitrogen and oxygen atoms in total. The molecule has 4 bridgehead atoms. The van der Waals surface area contributed by atoms with Crippen LogP contribution in [0.25, 0.3) is 11.1 Å². The lowest BCUT2D eigenvalue weighted by molar-refractivity contribution is -0.129. The fourth-order valence-electron chi connectivity index (χ4n) is 3.14. The fourth-order valence-corrected chi connectivity index (χ4v) is 3.14. The Bertz CT molecular complexity index is 928. The van der Waals surface area contributed by atoms with Gasteiger partial charge in [0, 0.05) is 12.8 Å². The van der Waals surface area contributed by atoms with Crippen LogP contribution in [0.4, 0.5) is 0 Å². The van der Waals surface area contributed by atoms with E-state index in [1.165, 1.54) is 0 Å². The number of amides is 3. The van der Waals surface area contributed by atoms with Crippen LogP contribution in [0.2, 0.25) is 0 Å². The molecule has 3 amide bonds. The minimum absolute atomic E-state index is 0.0407. The van der Waals surface area contributed by atoms with Gasteiger partial charge >= 0.3 is 0 Å². The molecule has 0 unspecified atom stereocenters. The zero-order valence-corrected chi connectivity index (χ0v) is 15.1. The van der Waals surface area contributed by atoms with Gasteiger partial charge in [-0.3, -0.25) is 14.4 Å². The quantitative estimate of drug-likeness (QED) is 0.454. The summed E-state index contributed by atoms with van der Waals surface area (Å²) in [7, 11) is 0. The van der Waals surface area contributed by atoms with Gasteiger partial charge in [0.25, 0.3) is 0 Å². The van der Waals surface area contributed by atoms with E-state index in [1.54, 1.807) is 18.2 Å². The van der Waals surface area contributed by atoms with E-state index in [0.717, 1.165) is 16.7 Å². The van der Waals surface area contributed by atoms with Crippen LogP contribution >= 0.6 is 0 Å². The highest BCUT2D eigenvalue weighted by Gasteiger charge is 2.22. The highest BCUT2D eigenvalue weighted by atomic mass is 16.3. The average molecular weight is 382 g/mol. The molecular formula is C20H22N4O4. The predicted octanol–water partition coefficient (Wildman–Crippen LogP) is -0.429. The maximum absolute atomic E-state index is 12.2. The highest BCUT2D eigenvalue weighted by molar-refractivity contribution is 5.90. The Labute approximate surface area is 161 Å². The fraction of sp³-hybridized carbons (Fsp3) is 0.250. The Morgan fingerprint density at radius 1 is 1.07 bits per heavy atom. The SMILES string of the molecule is NC(=O)[C@@H]1Cc2cccc(c2)-c2ccc(O)c(c2)C[C@H](N)C(=O)NCC(=O)N1. The molecule has 0 radical (unpaired) electrons. The van der Waals surface area contributed by atoms with Crippen molar-refractivity contribution in [1.82, 2.24) is 10.6 Å². The number of fused-ring (bicyclic) bond motifs is 5. The third-order valence-electron chi connectivity index (χ3n) is 4.66. The van der Waals surface area contributed by atoms with Gasteiger partial charge < -0.3 is 27.2 Å². The Hall–Kier alpha value is -3.39. The summed E-state index contributed by atoms with van der Waals surface area (Å²) in [6.45, 7) is -0.331. The molecule has 28 heavy (non-hydrogen) atoms. The molecule has 2 aromatic rings. The van der Waals surface area contributed by atoms with Crippen LogP contribution in [0.1, 0.15) is 11.1 Å². The third kappa shape index (κ3) is 4.47. The summed E-state index contributed by atoms with van der Waals surface area (Å²) < 4.78 is 0. The number of carbonyl (C=O) groups is 3. The van der Waals surface area contributed by atoms with Crippen molar-refractivity contribution in [2.75, 3.05) is 6.54 Å². The first kappa shape index (κ1) is 19.4. The van der Waals surface area contributed by atoms with E-state index in [2.05, 4.69) is 10.6 Å². The van der Waals surface area contributed by atoms with E-state index >= 15 is 0 Å². The molecule has 7 N–H and O–H groups in total. The van der Waals surface area contributed by atoms with Crippen LogP contribution in [-0.4, -0.2) is 41.5 Å². The number of nitrogens with two attached hydrogens (primary N) is 2. The monoisotopic (exact) mass is 382 g/mol. The maximum atomic E-state index is 12.2. The molecule has 0 aliphatic carbocycles. The highest BCUT2D eigenvalue weighted by Crippen LogP contribution is 2.27. The normalized spacial score (nSPS) is 20.3. The molecule has 3 rings (SSSR count). The Balaban J connectivity index is 2.04. The number of hydrogen-bond acceptors (Lipinski definition) is 5. The lowest BCUT2D eigenvalue weighted by atomic mass is 9.96. The summed E-state index contributed by atoms with van der Waals surface area (Å²) in [6.07, 6.45) is 0.323. The topological polar surface area (TPSA) is 148 Å². The third-order valence-corrected chi connectivity index (χ3v) is 4.66. The molecule has 0 saturated heterocycles. The van der Waals surface area contributed by atoms with Gasteiger partial charge in [0.15, 0.2) is 0 Å². The van der Waals surface area contributed by atoms with Gasteiger partial charge in [0.05, 0.1) is 12.6 Å². The van der Waals surface area contributed by atoms with Crippen molar-refractivity contribution in [2.24, 2.45) is 11.5 Å². The Kier molecular flexibility index (Phi) is 5.60. The summed E-state index contributed by atoms with van der Waals surface area (Å²) in [5, 5.41) is 15.1. The van der Waals surface area contributed by atoms with E-state index in [4.69, 9.17) is 11.5 Å². The largest absolute Gasteiger partial charge is 0.508 e. The Morgan fingerprint density at radius 3 is 2.57 bits per heavy atom. The number of rotatable bonds is 1. The molecular weight excluding hydrogens is 360 g/mol. The number of aromatic hydroxyl groups is 1. The molecule has 0 aromatic heterocycles. The number of hydrogen-bond donors (Lipinski definition) is 5. The van der Waals surface area contributed by atoms with Crippen molar-refractivity contribution in [2.45, 2.75) is 24.9 Å². The van der Waals surface area contributed by atoms with Crippen LogP contribution in [0.15, 0.2) is 42.5 Å². The second-order valence-corrected chi connectivity index (χ2v) is 6.80. The van der Waals surface area contributed by atoms with Gasteiger partial charge in [-0.2, -0.15) is 0 Å². The van der Waals surface area contributed by atoms with Gasteiger partial charge in [0.2, 0.25) is 17.7 Å². The molecule has 2 atom stereocenters. The zero-order valence-electron chi connectivity index (χ0n) is 15.1. The van der Waals surface area contributed by atoms with E-state index in [-0.39, 0.29) is 25.1 Å². The second-order valence-electron chi connectivity index (χ2n) is 6.80. The van der Waals surface area contributed by atoms with Gasteiger partial charge in [-0.05, 0) is 34.4 Å². The van der Waals surface area contributed by atoms with Gasteiger partial charge in [-0.15, -0.1) is 0 Å². The van der Waals surface area contributed by atoms with Crippen LogP contribution in [-0.2, 0) is 27.2 Å². The van der Waals surface area contributed by atoms with E-state index < -0.39 is 29.8 Å². The number of primary amides is 1. The first-order chi connectivity index (χ1) is 13.3. The standard InChI is InChI=1S/C20H22N4O4/c21-15-9-14-8-13(4-5-17(14)25)12-3-1-2-11(6-12)7-16(19(22)27)24-18(26)10-23-20(15)28/h1-6,8,15-16,25H,7,9-10,21H2,(H2,22,27)(H,23,28)(H,24,26)/t15-,16-/m0/s1. The van der Waals surface area contributed by atoms with E-state index in [1.807, 2.05) is 24.3 Å². The van der Waals surface area contributed by atoms with Crippen molar-refractivity contribution >= 4 is 17.7 Å². The molecule has 1 aliphatic heterocycles. The van der Waals surface area contributed by atoms with Crippen molar-refractivity contribution in [1.29, 1.82) is 0 Å². The van der Waals surface area contributed by atoms with Crippen LogP contribution < -0.4 is 22.1 Å². The number of benzene rings is 2. The molecule has 1 aliphatic rings. The first-order valence-corrected chi connectivity index (χ1v) is 8.86. The summed E-state index contributed by atoms with van der Waals surface area (Å²) in [5.41, 5.74) is 14.4. The van der Waals surface area contributed by atoms with Crippen molar-refractivity contribution in [3.63, 3.8) is 0 Å². The molecule has 0 spiro atoms. The number of phenols is 1. The summed E-state index contributed by atoms with van der Waals surface area (Å²) in [6, 6.07) is 10.7. The second kappa shape index (κ2) is 8.10. The zero-order chi connectivity index (χ0) is 20.3. The molecule has 2 aromatic carbocycles. The smallest absolute Gasteiger partial charge is 0.240 e. The lowest BCUT2D eigenvalue weighted by Gasteiger charge is -2.17. The maximum Gasteiger partial charge on any atom is 0.240 e. The van der Waals surface area contributed by atoms with Crippen molar-refractivity contribution in [3.05, 3.63) is 53.6 Å². The summed E-state index contributed by atoms with van der Waals surface area (Å²) in [5.74, 6) is -1.71. The van der Waals surface area contributed by atoms with E-state index in [9.17, 15) is 19.5 Å². The molecule has 0 saturated carbocycles. The minimum atomic E-state index is -0.947. The van der Waals surface area contributed by atoms with E-state index in [0.29, 0.717) is 5.56 Å². The Morgan fingerprint density at radius 2 is 1.82 bits per heavy atom. The molecule has 146 valence electrons. The van der Waals surface area contributed by atoms with Crippen LogP contribution in [0.3, 0.4) is 0 Å². The van der Waals surface area contributed by atoms with Crippen LogP contribution in [0.5, 0.6) is 5.75 Å². The lowest BCUT2D eigenvalue weighted by Crippen LogP contribution is -2.51. The average Bonchev–Trinajstić information content (AvgIpc) is 2.66.